The standard InChI is InChI=1S/C16H21N3O.ClH/c1-2-5-12-6-8-13(9-7-12)14-18-15(19-20-14)16(17)10-3-4-11-16;/h6-9H,2-5,10-11,17H2,1H3;1H. The first-order chi connectivity index (χ1) is 9.71. The second-order valence-electron chi connectivity index (χ2n) is 5.73. The molecule has 2 N–H and O–H groups in total. The van der Waals surface area contributed by atoms with Crippen molar-refractivity contribution in [3.05, 3.63) is 35.7 Å². The molecule has 2 aromatic rings. The molecule has 0 unspecified atom stereocenters. The number of hydrogen-bond acceptors (Lipinski definition) is 4. The first kappa shape index (κ1) is 16.0. The molecule has 1 aromatic carbocycles. The van der Waals surface area contributed by atoms with Gasteiger partial charge in [-0.25, -0.2) is 0 Å². The second-order valence-corrected chi connectivity index (χ2v) is 5.73. The summed E-state index contributed by atoms with van der Waals surface area (Å²) in [6.45, 7) is 2.18. The van der Waals surface area contributed by atoms with Gasteiger partial charge >= 0.3 is 0 Å². The maximum Gasteiger partial charge on any atom is 0.257 e. The highest BCUT2D eigenvalue weighted by molar-refractivity contribution is 5.85. The topological polar surface area (TPSA) is 64.9 Å². The summed E-state index contributed by atoms with van der Waals surface area (Å²) in [6.07, 6.45) is 6.43. The molecule has 0 radical (unpaired) electrons. The normalized spacial score (nSPS) is 16.7. The maximum atomic E-state index is 6.35. The Balaban J connectivity index is 0.00000161. The number of halogens is 1. The molecule has 5 heteroatoms. The molecule has 1 fully saturated rings. The lowest BCUT2D eigenvalue weighted by atomic mass is 9.98. The average Bonchev–Trinajstić information content (AvgIpc) is 3.10. The van der Waals surface area contributed by atoms with Gasteiger partial charge in [-0.15, -0.1) is 12.4 Å². The van der Waals surface area contributed by atoms with Gasteiger partial charge in [0.25, 0.3) is 5.89 Å². The number of nitrogens with zero attached hydrogens (tertiary/aromatic N) is 2. The summed E-state index contributed by atoms with van der Waals surface area (Å²) in [5, 5.41) is 4.09. The molecule has 0 saturated heterocycles. The van der Waals surface area contributed by atoms with Crippen molar-refractivity contribution < 1.29 is 4.52 Å². The molecule has 0 bridgehead atoms. The van der Waals surface area contributed by atoms with Gasteiger partial charge in [0.05, 0.1) is 5.54 Å². The number of rotatable bonds is 4. The first-order valence-electron chi connectivity index (χ1n) is 7.44. The number of aryl methyl sites for hydroxylation is 1. The predicted molar refractivity (Wildman–Crippen MR) is 85.3 cm³/mol. The van der Waals surface area contributed by atoms with Crippen LogP contribution in [0.3, 0.4) is 0 Å². The van der Waals surface area contributed by atoms with Gasteiger partial charge < -0.3 is 10.3 Å². The molecule has 1 saturated carbocycles. The van der Waals surface area contributed by atoms with E-state index in [-0.39, 0.29) is 17.9 Å². The Bertz CT molecular complexity index is 573. The van der Waals surface area contributed by atoms with Crippen LogP contribution in [0, 0.1) is 0 Å². The van der Waals surface area contributed by atoms with Crippen LogP contribution in [-0.4, -0.2) is 10.1 Å². The van der Waals surface area contributed by atoms with E-state index in [1.165, 1.54) is 5.56 Å². The second kappa shape index (κ2) is 6.58. The molecule has 1 aliphatic carbocycles. The molecule has 0 aliphatic heterocycles. The van der Waals surface area contributed by atoms with Crippen molar-refractivity contribution >= 4 is 12.4 Å². The van der Waals surface area contributed by atoms with Crippen LogP contribution in [0.15, 0.2) is 28.8 Å². The molecule has 1 aliphatic rings. The zero-order chi connectivity index (χ0) is 14.0. The lowest BCUT2D eigenvalue weighted by Gasteiger charge is -2.17. The molecule has 21 heavy (non-hydrogen) atoms. The summed E-state index contributed by atoms with van der Waals surface area (Å²) in [5.74, 6) is 1.22. The lowest BCUT2D eigenvalue weighted by molar-refractivity contribution is 0.372. The Kier molecular flexibility index (Phi) is 5.01. The highest BCUT2D eigenvalue weighted by Crippen LogP contribution is 2.35. The third-order valence-electron chi connectivity index (χ3n) is 4.11. The van der Waals surface area contributed by atoms with Crippen LogP contribution in [-0.2, 0) is 12.0 Å². The summed E-state index contributed by atoms with van der Waals surface area (Å²) >= 11 is 0. The van der Waals surface area contributed by atoms with Crippen molar-refractivity contribution in [1.82, 2.24) is 10.1 Å². The van der Waals surface area contributed by atoms with Crippen LogP contribution >= 0.6 is 12.4 Å². The molecule has 114 valence electrons. The number of aromatic nitrogens is 2. The molecular formula is C16H22ClN3O. The summed E-state index contributed by atoms with van der Waals surface area (Å²) in [4.78, 5) is 4.51. The Morgan fingerprint density at radius 1 is 1.19 bits per heavy atom. The molecule has 1 aromatic heterocycles. The lowest BCUT2D eigenvalue weighted by Crippen LogP contribution is -2.34. The van der Waals surface area contributed by atoms with Crippen LogP contribution in [0.2, 0.25) is 0 Å². The van der Waals surface area contributed by atoms with Crippen LogP contribution < -0.4 is 5.73 Å². The van der Waals surface area contributed by atoms with E-state index in [0.29, 0.717) is 11.7 Å². The van der Waals surface area contributed by atoms with Gasteiger partial charge in [-0.3, -0.25) is 0 Å². The highest BCUT2D eigenvalue weighted by Gasteiger charge is 2.36. The molecule has 1 heterocycles. The molecule has 0 spiro atoms. The largest absolute Gasteiger partial charge is 0.334 e. The van der Waals surface area contributed by atoms with Crippen LogP contribution in [0.5, 0.6) is 0 Å². The van der Waals surface area contributed by atoms with E-state index in [9.17, 15) is 0 Å². The van der Waals surface area contributed by atoms with Gasteiger partial charge in [-0.05, 0) is 37.0 Å². The first-order valence-corrected chi connectivity index (χ1v) is 7.44. The minimum atomic E-state index is -0.385. The smallest absolute Gasteiger partial charge is 0.257 e. The predicted octanol–water partition coefficient (Wildman–Crippen LogP) is 3.84. The Labute approximate surface area is 131 Å². The third kappa shape index (κ3) is 3.27. The van der Waals surface area contributed by atoms with Gasteiger partial charge in [-0.2, -0.15) is 4.98 Å². The van der Waals surface area contributed by atoms with E-state index in [2.05, 4.69) is 29.2 Å². The van der Waals surface area contributed by atoms with Gasteiger partial charge in [0, 0.05) is 5.56 Å². The van der Waals surface area contributed by atoms with Gasteiger partial charge in [0.2, 0.25) is 0 Å². The fraction of sp³-hybridized carbons (Fsp3) is 0.500. The van der Waals surface area contributed by atoms with E-state index in [1.807, 2.05) is 12.1 Å². The zero-order valence-corrected chi connectivity index (χ0v) is 13.2. The van der Waals surface area contributed by atoms with Gasteiger partial charge in [0.1, 0.15) is 0 Å². The number of benzene rings is 1. The van der Waals surface area contributed by atoms with Crippen molar-refractivity contribution in [3.8, 4) is 11.5 Å². The zero-order valence-electron chi connectivity index (χ0n) is 12.3. The molecule has 0 amide bonds. The minimum Gasteiger partial charge on any atom is -0.334 e. The van der Waals surface area contributed by atoms with E-state index >= 15 is 0 Å². The van der Waals surface area contributed by atoms with Crippen molar-refractivity contribution in [2.24, 2.45) is 5.73 Å². The third-order valence-corrected chi connectivity index (χ3v) is 4.11. The van der Waals surface area contributed by atoms with Crippen LogP contribution in [0.4, 0.5) is 0 Å². The summed E-state index contributed by atoms with van der Waals surface area (Å²) in [5.41, 5.74) is 8.26. The van der Waals surface area contributed by atoms with E-state index in [1.54, 1.807) is 0 Å². The number of hydrogen-bond donors (Lipinski definition) is 1. The van der Waals surface area contributed by atoms with Crippen molar-refractivity contribution in [2.45, 2.75) is 51.0 Å². The van der Waals surface area contributed by atoms with Crippen LogP contribution in [0.1, 0.15) is 50.4 Å². The average molecular weight is 308 g/mol. The summed E-state index contributed by atoms with van der Waals surface area (Å²) in [6, 6.07) is 8.33. The Hall–Kier alpha value is -1.39. The quantitative estimate of drug-likeness (QED) is 0.932. The Morgan fingerprint density at radius 3 is 2.48 bits per heavy atom. The number of nitrogens with two attached hydrogens (primary N) is 1. The minimum absolute atomic E-state index is 0. The molecule has 4 nitrogen and oxygen atoms in total. The van der Waals surface area contributed by atoms with E-state index in [0.717, 1.165) is 44.1 Å². The molecular weight excluding hydrogens is 286 g/mol. The van der Waals surface area contributed by atoms with E-state index < -0.39 is 0 Å². The van der Waals surface area contributed by atoms with Crippen molar-refractivity contribution in [1.29, 1.82) is 0 Å². The summed E-state index contributed by atoms with van der Waals surface area (Å²) in [7, 11) is 0. The fourth-order valence-electron chi connectivity index (χ4n) is 2.88. The highest BCUT2D eigenvalue weighted by atomic mass is 35.5. The summed E-state index contributed by atoms with van der Waals surface area (Å²) < 4.78 is 5.39. The van der Waals surface area contributed by atoms with Crippen LogP contribution in [0.25, 0.3) is 11.5 Å². The molecule has 0 atom stereocenters. The van der Waals surface area contributed by atoms with Crippen molar-refractivity contribution in [2.75, 3.05) is 0 Å². The monoisotopic (exact) mass is 307 g/mol. The molecule has 3 rings (SSSR count). The van der Waals surface area contributed by atoms with Gasteiger partial charge in [-0.1, -0.05) is 43.5 Å². The SMILES string of the molecule is CCCc1ccc(-c2nc(C3(N)CCCC3)no2)cc1.Cl. The van der Waals surface area contributed by atoms with Crippen molar-refractivity contribution in [3.63, 3.8) is 0 Å². The van der Waals surface area contributed by atoms with Gasteiger partial charge in [0.15, 0.2) is 5.82 Å². The van der Waals surface area contributed by atoms with E-state index in [4.69, 9.17) is 10.3 Å². The Morgan fingerprint density at radius 2 is 1.86 bits per heavy atom. The fourth-order valence-corrected chi connectivity index (χ4v) is 2.88. The maximum absolute atomic E-state index is 6.35.